The van der Waals surface area contributed by atoms with E-state index in [1.54, 1.807) is 35.1 Å². The minimum absolute atomic E-state index is 0.202. The second-order valence-corrected chi connectivity index (χ2v) is 4.53. The number of aromatic nitrogens is 2. The highest BCUT2D eigenvalue weighted by molar-refractivity contribution is 6.04. The summed E-state index contributed by atoms with van der Waals surface area (Å²) >= 11 is 0. The molecule has 0 spiro atoms. The number of carboxylic acid groups (broad SMARTS) is 1. The standard InChI is InChI=1S/C15H11N3O3/c16-14(19)12-3-1-2-10-8-18(17-13(10)12)11-6-4-9(5-7-11)15(20)21/h1-8H,(H2,16,19)(H,20,21). The Hall–Kier alpha value is -3.15. The molecule has 0 unspecified atom stereocenters. The number of aromatic carboxylic acids is 1. The third kappa shape index (κ3) is 2.23. The van der Waals surface area contributed by atoms with Crippen LogP contribution in [0.4, 0.5) is 0 Å². The zero-order valence-electron chi connectivity index (χ0n) is 10.9. The van der Waals surface area contributed by atoms with Gasteiger partial charge in [0.05, 0.1) is 16.8 Å². The van der Waals surface area contributed by atoms with E-state index in [-0.39, 0.29) is 5.56 Å². The van der Waals surface area contributed by atoms with Crippen molar-refractivity contribution >= 4 is 22.8 Å². The molecule has 1 amide bonds. The summed E-state index contributed by atoms with van der Waals surface area (Å²) in [5, 5.41) is 14.0. The Morgan fingerprint density at radius 1 is 1.10 bits per heavy atom. The van der Waals surface area contributed by atoms with E-state index in [0.29, 0.717) is 16.8 Å². The van der Waals surface area contributed by atoms with E-state index in [9.17, 15) is 9.59 Å². The van der Waals surface area contributed by atoms with Crippen LogP contribution in [0.2, 0.25) is 0 Å². The highest BCUT2D eigenvalue weighted by atomic mass is 16.4. The maximum Gasteiger partial charge on any atom is 0.335 e. The maximum absolute atomic E-state index is 11.4. The van der Waals surface area contributed by atoms with Crippen molar-refractivity contribution in [1.29, 1.82) is 0 Å². The lowest BCUT2D eigenvalue weighted by Gasteiger charge is -2.01. The van der Waals surface area contributed by atoms with E-state index < -0.39 is 11.9 Å². The molecule has 6 heteroatoms. The fourth-order valence-corrected chi connectivity index (χ4v) is 2.13. The van der Waals surface area contributed by atoms with E-state index in [1.165, 1.54) is 12.1 Å². The van der Waals surface area contributed by atoms with Gasteiger partial charge in [-0.2, -0.15) is 5.10 Å². The average molecular weight is 281 g/mol. The van der Waals surface area contributed by atoms with Gasteiger partial charge in [0.15, 0.2) is 0 Å². The second kappa shape index (κ2) is 4.75. The molecule has 3 rings (SSSR count). The van der Waals surface area contributed by atoms with Crippen LogP contribution in [0, 0.1) is 0 Å². The number of hydrogen-bond acceptors (Lipinski definition) is 3. The molecule has 0 bridgehead atoms. The number of nitrogens with zero attached hydrogens (tertiary/aromatic N) is 2. The summed E-state index contributed by atoms with van der Waals surface area (Å²) in [6.45, 7) is 0. The van der Waals surface area contributed by atoms with E-state index in [1.807, 2.05) is 6.07 Å². The Morgan fingerprint density at radius 2 is 1.81 bits per heavy atom. The van der Waals surface area contributed by atoms with Crippen LogP contribution in [0.25, 0.3) is 16.6 Å². The van der Waals surface area contributed by atoms with Crippen molar-refractivity contribution in [3.05, 3.63) is 59.8 Å². The highest BCUT2D eigenvalue weighted by Crippen LogP contribution is 2.19. The van der Waals surface area contributed by atoms with Gasteiger partial charge < -0.3 is 10.8 Å². The van der Waals surface area contributed by atoms with Gasteiger partial charge in [-0.15, -0.1) is 0 Å². The first-order chi connectivity index (χ1) is 10.1. The van der Waals surface area contributed by atoms with E-state index in [4.69, 9.17) is 10.8 Å². The minimum atomic E-state index is -0.983. The molecule has 1 heterocycles. The third-order valence-corrected chi connectivity index (χ3v) is 3.18. The van der Waals surface area contributed by atoms with Crippen LogP contribution in [0.5, 0.6) is 0 Å². The molecule has 0 fully saturated rings. The number of fused-ring (bicyclic) bond motifs is 1. The van der Waals surface area contributed by atoms with Gasteiger partial charge in [0.25, 0.3) is 5.91 Å². The number of carbonyl (C=O) groups is 2. The summed E-state index contributed by atoms with van der Waals surface area (Å²) in [5.74, 6) is -1.52. The van der Waals surface area contributed by atoms with Crippen molar-refractivity contribution in [3.63, 3.8) is 0 Å². The van der Waals surface area contributed by atoms with Crippen LogP contribution in [0.3, 0.4) is 0 Å². The fourth-order valence-electron chi connectivity index (χ4n) is 2.13. The monoisotopic (exact) mass is 281 g/mol. The number of nitrogens with two attached hydrogens (primary N) is 1. The Kier molecular flexibility index (Phi) is 2.91. The quantitative estimate of drug-likeness (QED) is 0.765. The predicted octanol–water partition coefficient (Wildman–Crippen LogP) is 1.82. The predicted molar refractivity (Wildman–Crippen MR) is 76.5 cm³/mol. The Bertz CT molecular complexity index is 850. The Labute approximate surface area is 119 Å². The molecule has 0 atom stereocenters. The van der Waals surface area contributed by atoms with Crippen LogP contribution in [0.15, 0.2) is 48.7 Å². The topological polar surface area (TPSA) is 98.2 Å². The Morgan fingerprint density at radius 3 is 2.43 bits per heavy atom. The fraction of sp³-hybridized carbons (Fsp3) is 0. The first kappa shape index (κ1) is 12.9. The van der Waals surface area contributed by atoms with Gasteiger partial charge in [0.2, 0.25) is 0 Å². The van der Waals surface area contributed by atoms with Crippen molar-refractivity contribution in [2.75, 3.05) is 0 Å². The maximum atomic E-state index is 11.4. The van der Waals surface area contributed by atoms with Gasteiger partial charge in [-0.25, -0.2) is 9.48 Å². The molecule has 1 aromatic heterocycles. The molecular weight excluding hydrogens is 270 g/mol. The lowest BCUT2D eigenvalue weighted by Crippen LogP contribution is -2.11. The van der Waals surface area contributed by atoms with Crippen molar-refractivity contribution in [2.45, 2.75) is 0 Å². The zero-order valence-corrected chi connectivity index (χ0v) is 10.9. The SMILES string of the molecule is NC(=O)c1cccc2cn(-c3ccc(C(=O)O)cc3)nc12. The van der Waals surface area contributed by atoms with E-state index >= 15 is 0 Å². The first-order valence-electron chi connectivity index (χ1n) is 6.18. The number of rotatable bonds is 3. The molecule has 6 nitrogen and oxygen atoms in total. The lowest BCUT2D eigenvalue weighted by atomic mass is 10.1. The molecule has 0 radical (unpaired) electrons. The third-order valence-electron chi connectivity index (χ3n) is 3.18. The summed E-state index contributed by atoms with van der Waals surface area (Å²) in [4.78, 5) is 22.2. The van der Waals surface area contributed by atoms with Gasteiger partial charge in [0, 0.05) is 11.6 Å². The summed E-state index contributed by atoms with van der Waals surface area (Å²) in [6.07, 6.45) is 1.76. The normalized spacial score (nSPS) is 10.7. The molecule has 3 N–H and O–H groups in total. The average Bonchev–Trinajstić information content (AvgIpc) is 2.90. The van der Waals surface area contributed by atoms with Crippen LogP contribution in [-0.2, 0) is 0 Å². The van der Waals surface area contributed by atoms with Crippen molar-refractivity contribution in [2.24, 2.45) is 5.73 Å². The zero-order chi connectivity index (χ0) is 15.0. The van der Waals surface area contributed by atoms with Gasteiger partial charge in [-0.3, -0.25) is 4.79 Å². The number of hydrogen-bond donors (Lipinski definition) is 2. The first-order valence-corrected chi connectivity index (χ1v) is 6.18. The smallest absolute Gasteiger partial charge is 0.335 e. The number of carboxylic acids is 1. The van der Waals surface area contributed by atoms with Gasteiger partial charge in [-0.05, 0) is 30.3 Å². The number of amides is 1. The van der Waals surface area contributed by atoms with Gasteiger partial charge in [0.1, 0.15) is 5.52 Å². The van der Waals surface area contributed by atoms with E-state index in [0.717, 1.165) is 5.39 Å². The van der Waals surface area contributed by atoms with Crippen LogP contribution in [0.1, 0.15) is 20.7 Å². The summed E-state index contributed by atoms with van der Waals surface area (Å²) in [6, 6.07) is 11.5. The van der Waals surface area contributed by atoms with Gasteiger partial charge in [-0.1, -0.05) is 12.1 Å². The summed E-state index contributed by atoms with van der Waals surface area (Å²) in [5.41, 5.74) is 7.11. The molecule has 2 aromatic carbocycles. The van der Waals surface area contributed by atoms with Crippen molar-refractivity contribution in [1.82, 2.24) is 9.78 Å². The summed E-state index contributed by atoms with van der Waals surface area (Å²) in [7, 11) is 0. The Balaban J connectivity index is 2.11. The highest BCUT2D eigenvalue weighted by Gasteiger charge is 2.11. The number of carbonyl (C=O) groups excluding carboxylic acids is 1. The molecule has 104 valence electrons. The van der Waals surface area contributed by atoms with Crippen LogP contribution in [-0.4, -0.2) is 26.8 Å². The second-order valence-electron chi connectivity index (χ2n) is 4.53. The molecule has 3 aromatic rings. The van der Waals surface area contributed by atoms with Gasteiger partial charge >= 0.3 is 5.97 Å². The minimum Gasteiger partial charge on any atom is -0.478 e. The molecule has 0 aliphatic heterocycles. The molecule has 21 heavy (non-hydrogen) atoms. The van der Waals surface area contributed by atoms with Crippen molar-refractivity contribution < 1.29 is 14.7 Å². The largest absolute Gasteiger partial charge is 0.478 e. The van der Waals surface area contributed by atoms with Crippen molar-refractivity contribution in [3.8, 4) is 5.69 Å². The number of primary amides is 1. The molecular formula is C15H11N3O3. The molecule has 0 saturated carbocycles. The molecule has 0 saturated heterocycles. The van der Waals surface area contributed by atoms with Crippen LogP contribution < -0.4 is 5.73 Å². The van der Waals surface area contributed by atoms with Crippen LogP contribution >= 0.6 is 0 Å². The summed E-state index contributed by atoms with van der Waals surface area (Å²) < 4.78 is 1.59. The molecule has 0 aliphatic rings. The lowest BCUT2D eigenvalue weighted by molar-refractivity contribution is 0.0696. The molecule has 0 aliphatic carbocycles. The van der Waals surface area contributed by atoms with E-state index in [2.05, 4.69) is 5.10 Å². The number of benzene rings is 2.